The Bertz CT molecular complexity index is 220. The Labute approximate surface area is 82.7 Å². The van der Waals surface area contributed by atoms with Gasteiger partial charge in [-0.15, -0.1) is 0 Å². The molecule has 0 spiro atoms. The smallest absolute Gasteiger partial charge is 0.354 e. The standard InChI is InChI=1S/C6H8F2O5S/c1-4(2)5(9)11-3-6(7,8)14-13-12-10/h10H,1,3H2,2H3/p-1. The highest BCUT2D eigenvalue weighted by atomic mass is 32.2. The van der Waals surface area contributed by atoms with E-state index in [1.54, 1.807) is 0 Å². The van der Waals surface area contributed by atoms with E-state index < -0.39 is 29.9 Å². The van der Waals surface area contributed by atoms with Gasteiger partial charge < -0.3 is 9.99 Å². The number of esters is 1. The lowest BCUT2D eigenvalue weighted by molar-refractivity contribution is -0.777. The van der Waals surface area contributed by atoms with Crippen LogP contribution in [0, 0.1) is 0 Å². The number of hydrogen-bond donors (Lipinski definition) is 0. The molecule has 0 aliphatic rings. The molecule has 5 nitrogen and oxygen atoms in total. The molecule has 0 radical (unpaired) electrons. The van der Waals surface area contributed by atoms with E-state index in [9.17, 15) is 18.8 Å². The molecule has 8 heteroatoms. The number of alkyl halides is 2. The Kier molecular flexibility index (Phi) is 5.62. The summed E-state index contributed by atoms with van der Waals surface area (Å²) in [5.41, 5.74) is -0.00760. The van der Waals surface area contributed by atoms with Crippen LogP contribution in [0.5, 0.6) is 0 Å². The normalized spacial score (nSPS) is 11.1. The maximum absolute atomic E-state index is 12.5. The van der Waals surface area contributed by atoms with Crippen LogP contribution in [0.2, 0.25) is 0 Å². The molecule has 0 aromatic rings. The van der Waals surface area contributed by atoms with Gasteiger partial charge in [-0.05, 0) is 6.92 Å². The summed E-state index contributed by atoms with van der Waals surface area (Å²) in [5, 5.41) is 8.39. The second-order valence-corrected chi connectivity index (χ2v) is 3.11. The van der Waals surface area contributed by atoms with Crippen molar-refractivity contribution in [2.75, 3.05) is 6.61 Å². The second-order valence-electron chi connectivity index (χ2n) is 2.21. The minimum atomic E-state index is -3.55. The summed E-state index contributed by atoms with van der Waals surface area (Å²) in [4.78, 5) is 10.7. The minimum absolute atomic E-state index is 0.00760. The fourth-order valence-corrected chi connectivity index (χ4v) is 0.595. The van der Waals surface area contributed by atoms with Gasteiger partial charge in [0.05, 0.1) is 0 Å². The van der Waals surface area contributed by atoms with Crippen molar-refractivity contribution in [2.24, 2.45) is 0 Å². The monoisotopic (exact) mass is 229 g/mol. The lowest BCUT2D eigenvalue weighted by Gasteiger charge is -2.14. The average Bonchev–Trinajstić information content (AvgIpc) is 2.11. The fourth-order valence-electron chi connectivity index (χ4n) is 0.360. The van der Waals surface area contributed by atoms with Crippen LogP contribution in [0.3, 0.4) is 0 Å². The van der Waals surface area contributed by atoms with Crippen LogP contribution in [0.25, 0.3) is 0 Å². The molecule has 0 saturated heterocycles. The zero-order valence-corrected chi connectivity index (χ0v) is 7.94. The minimum Gasteiger partial charge on any atom is -0.691 e. The van der Waals surface area contributed by atoms with Crippen LogP contribution in [-0.4, -0.2) is 17.8 Å². The van der Waals surface area contributed by atoms with Gasteiger partial charge in [0.25, 0.3) is 0 Å². The quantitative estimate of drug-likeness (QED) is 0.218. The first kappa shape index (κ1) is 13.3. The predicted octanol–water partition coefficient (Wildman–Crippen LogP) is 0.570. The van der Waals surface area contributed by atoms with Crippen molar-refractivity contribution in [1.82, 2.24) is 0 Å². The van der Waals surface area contributed by atoms with Gasteiger partial charge in [0.15, 0.2) is 6.61 Å². The van der Waals surface area contributed by atoms with Gasteiger partial charge in [0.1, 0.15) is 12.0 Å². The molecule has 0 aliphatic carbocycles. The fraction of sp³-hybridized carbons (Fsp3) is 0.500. The number of carbonyl (C=O) groups is 1. The Morgan fingerprint density at radius 3 is 2.64 bits per heavy atom. The summed E-state index contributed by atoms with van der Waals surface area (Å²) in [7, 11) is 0. The molecule has 0 aromatic heterocycles. The first-order chi connectivity index (χ1) is 6.39. The zero-order chi connectivity index (χ0) is 11.2. The van der Waals surface area contributed by atoms with Crippen LogP contribution in [0.1, 0.15) is 6.92 Å². The van der Waals surface area contributed by atoms with Gasteiger partial charge in [-0.3, -0.25) is 5.04 Å². The number of rotatable bonds is 6. The molecule has 0 heterocycles. The molecule has 0 amide bonds. The van der Waals surface area contributed by atoms with E-state index in [0.717, 1.165) is 0 Å². The SMILES string of the molecule is C=C(C)C(=O)OCC(F)(F)SOO[O-]. The van der Waals surface area contributed by atoms with Crippen molar-refractivity contribution in [3.05, 3.63) is 12.2 Å². The largest absolute Gasteiger partial charge is 0.691 e. The highest BCUT2D eigenvalue weighted by Crippen LogP contribution is 2.29. The third kappa shape index (κ3) is 5.86. The van der Waals surface area contributed by atoms with Crippen molar-refractivity contribution in [1.29, 1.82) is 0 Å². The van der Waals surface area contributed by atoms with Gasteiger partial charge in [-0.1, -0.05) is 6.58 Å². The summed E-state index contributed by atoms with van der Waals surface area (Å²) in [6.07, 6.45) is 0. The Morgan fingerprint density at radius 1 is 1.64 bits per heavy atom. The van der Waals surface area contributed by atoms with Gasteiger partial charge in [-0.25, -0.2) is 4.79 Å². The maximum Gasteiger partial charge on any atom is 0.354 e. The summed E-state index contributed by atoms with van der Waals surface area (Å²) < 4.78 is 32.6. The van der Waals surface area contributed by atoms with E-state index in [0.29, 0.717) is 0 Å². The third-order valence-electron chi connectivity index (χ3n) is 0.903. The molecule has 0 bridgehead atoms. The van der Waals surface area contributed by atoms with Crippen molar-refractivity contribution in [3.8, 4) is 0 Å². The molecule has 14 heavy (non-hydrogen) atoms. The van der Waals surface area contributed by atoms with Crippen LogP contribution < -0.4 is 5.26 Å². The average molecular weight is 229 g/mol. The Balaban J connectivity index is 3.86. The first-order valence-corrected chi connectivity index (χ1v) is 3.98. The number of hydrogen-bond acceptors (Lipinski definition) is 6. The molecular formula is C6H7F2O5S-. The van der Waals surface area contributed by atoms with Crippen LogP contribution >= 0.6 is 12.0 Å². The molecule has 0 fully saturated rings. The highest BCUT2D eigenvalue weighted by molar-refractivity contribution is 7.95. The van der Waals surface area contributed by atoms with Crippen LogP contribution in [0.4, 0.5) is 8.78 Å². The van der Waals surface area contributed by atoms with E-state index in [2.05, 4.69) is 20.7 Å². The molecule has 0 aliphatic heterocycles. The molecule has 0 aromatic carbocycles. The number of halogens is 2. The van der Waals surface area contributed by atoms with Crippen molar-refractivity contribution < 1.29 is 32.9 Å². The van der Waals surface area contributed by atoms with E-state index in [-0.39, 0.29) is 5.57 Å². The van der Waals surface area contributed by atoms with Crippen molar-refractivity contribution in [3.63, 3.8) is 0 Å². The molecule has 0 saturated carbocycles. The highest BCUT2D eigenvalue weighted by Gasteiger charge is 2.34. The molecule has 0 unspecified atom stereocenters. The van der Waals surface area contributed by atoms with E-state index in [1.807, 2.05) is 0 Å². The summed E-state index contributed by atoms with van der Waals surface area (Å²) >= 11 is -0.543. The lowest BCUT2D eigenvalue weighted by atomic mass is 10.4. The lowest BCUT2D eigenvalue weighted by Crippen LogP contribution is -2.23. The molecule has 0 atom stereocenters. The summed E-state index contributed by atoms with van der Waals surface area (Å²) in [6, 6.07) is 0. The Morgan fingerprint density at radius 2 is 2.21 bits per heavy atom. The van der Waals surface area contributed by atoms with Gasteiger partial charge in [0, 0.05) is 5.57 Å². The third-order valence-corrected chi connectivity index (χ3v) is 1.39. The van der Waals surface area contributed by atoms with Gasteiger partial charge in [0.2, 0.25) is 0 Å². The van der Waals surface area contributed by atoms with E-state index >= 15 is 0 Å². The Hall–Kier alpha value is -0.700. The number of ether oxygens (including phenoxy) is 1. The van der Waals surface area contributed by atoms with E-state index in [4.69, 9.17) is 0 Å². The van der Waals surface area contributed by atoms with Crippen molar-refractivity contribution >= 4 is 18.0 Å². The van der Waals surface area contributed by atoms with Crippen molar-refractivity contribution in [2.45, 2.75) is 12.2 Å². The van der Waals surface area contributed by atoms with Crippen LogP contribution in [0.15, 0.2) is 12.2 Å². The second kappa shape index (κ2) is 5.91. The molecule has 0 rings (SSSR count). The van der Waals surface area contributed by atoms with Gasteiger partial charge in [-0.2, -0.15) is 13.1 Å². The van der Waals surface area contributed by atoms with Crippen LogP contribution in [-0.2, 0) is 18.9 Å². The predicted molar refractivity (Wildman–Crippen MR) is 40.5 cm³/mol. The molecule has 82 valence electrons. The number of carbonyl (C=O) groups excluding carboxylic acids is 1. The topological polar surface area (TPSA) is 67.8 Å². The van der Waals surface area contributed by atoms with Gasteiger partial charge >= 0.3 is 11.2 Å². The molecular weight excluding hydrogens is 222 g/mol. The first-order valence-electron chi connectivity index (χ1n) is 3.24. The summed E-state index contributed by atoms with van der Waals surface area (Å²) in [6.45, 7) is 3.27. The zero-order valence-electron chi connectivity index (χ0n) is 7.12. The summed E-state index contributed by atoms with van der Waals surface area (Å²) in [5.74, 6) is -0.951. The molecule has 0 N–H and O–H groups in total. The maximum atomic E-state index is 12.5. The van der Waals surface area contributed by atoms with E-state index in [1.165, 1.54) is 6.92 Å².